The Morgan fingerprint density at radius 1 is 1.18 bits per heavy atom. The molecule has 1 atom stereocenters. The van der Waals surface area contributed by atoms with E-state index < -0.39 is 0 Å². The average molecular weight is 302 g/mol. The molecule has 3 rings (SSSR count). The number of carbonyl (C=O) groups is 1. The summed E-state index contributed by atoms with van der Waals surface area (Å²) in [6.07, 6.45) is 0. The van der Waals surface area contributed by atoms with Gasteiger partial charge in [0.25, 0.3) is 0 Å². The Balaban J connectivity index is 1.67. The van der Waals surface area contributed by atoms with Gasteiger partial charge in [-0.3, -0.25) is 0 Å². The van der Waals surface area contributed by atoms with Crippen molar-refractivity contribution in [3.63, 3.8) is 0 Å². The Kier molecular flexibility index (Phi) is 3.66. The van der Waals surface area contributed by atoms with Gasteiger partial charge in [0.05, 0.1) is 6.04 Å². The summed E-state index contributed by atoms with van der Waals surface area (Å²) in [6, 6.07) is 6.81. The van der Waals surface area contributed by atoms with Crippen molar-refractivity contribution in [2.24, 2.45) is 0 Å². The Hall–Kier alpha value is -2.63. The van der Waals surface area contributed by atoms with Gasteiger partial charge in [-0.25, -0.2) is 4.79 Å². The number of ether oxygens (including phenoxy) is 2. The number of furan rings is 1. The minimum absolute atomic E-state index is 0.208. The first-order chi connectivity index (χ1) is 10.5. The molecule has 0 saturated carbocycles. The normalized spacial score (nSPS) is 13.8. The predicted octanol–water partition coefficient (Wildman–Crippen LogP) is 3.51. The third-order valence-electron chi connectivity index (χ3n) is 3.50. The molecule has 0 fully saturated rings. The highest BCUT2D eigenvalue weighted by Gasteiger charge is 2.18. The number of hydrogen-bond acceptors (Lipinski definition) is 4. The summed E-state index contributed by atoms with van der Waals surface area (Å²) in [4.78, 5) is 12.1. The maximum Gasteiger partial charge on any atom is 0.319 e. The van der Waals surface area contributed by atoms with Gasteiger partial charge in [-0.15, -0.1) is 0 Å². The zero-order chi connectivity index (χ0) is 15.7. The Morgan fingerprint density at radius 2 is 1.91 bits per heavy atom. The zero-order valence-electron chi connectivity index (χ0n) is 12.7. The van der Waals surface area contributed by atoms with Crippen LogP contribution in [0.5, 0.6) is 11.5 Å². The van der Waals surface area contributed by atoms with Gasteiger partial charge >= 0.3 is 6.03 Å². The van der Waals surface area contributed by atoms with E-state index in [1.807, 2.05) is 39.0 Å². The molecule has 0 aliphatic carbocycles. The van der Waals surface area contributed by atoms with Gasteiger partial charge in [0.1, 0.15) is 11.5 Å². The van der Waals surface area contributed by atoms with Crippen molar-refractivity contribution in [2.75, 3.05) is 12.1 Å². The SMILES string of the molecule is Cc1ccc(C(C)NC(=O)Nc2cc3c(cc2C)OCO3)o1. The summed E-state index contributed by atoms with van der Waals surface area (Å²) in [7, 11) is 0. The van der Waals surface area contributed by atoms with Gasteiger partial charge in [0, 0.05) is 11.8 Å². The number of fused-ring (bicyclic) bond motifs is 1. The van der Waals surface area contributed by atoms with Crippen molar-refractivity contribution in [3.8, 4) is 11.5 Å². The van der Waals surface area contributed by atoms with Crippen molar-refractivity contribution in [1.29, 1.82) is 0 Å². The molecule has 1 aliphatic heterocycles. The van der Waals surface area contributed by atoms with Gasteiger partial charge < -0.3 is 24.5 Å². The van der Waals surface area contributed by atoms with Crippen LogP contribution in [0.4, 0.5) is 10.5 Å². The quantitative estimate of drug-likeness (QED) is 0.910. The second-order valence-electron chi connectivity index (χ2n) is 5.29. The fraction of sp³-hybridized carbons (Fsp3) is 0.312. The van der Waals surface area contributed by atoms with Crippen LogP contribution in [0, 0.1) is 13.8 Å². The molecule has 0 bridgehead atoms. The van der Waals surface area contributed by atoms with Crippen molar-refractivity contribution < 1.29 is 18.7 Å². The highest BCUT2D eigenvalue weighted by atomic mass is 16.7. The molecule has 2 amide bonds. The molecule has 6 heteroatoms. The number of amides is 2. The molecule has 1 aromatic heterocycles. The molecule has 116 valence electrons. The van der Waals surface area contributed by atoms with E-state index in [1.54, 1.807) is 6.07 Å². The Morgan fingerprint density at radius 3 is 2.59 bits per heavy atom. The number of carbonyl (C=O) groups excluding carboxylic acids is 1. The van der Waals surface area contributed by atoms with Crippen LogP contribution in [0.15, 0.2) is 28.7 Å². The van der Waals surface area contributed by atoms with E-state index in [9.17, 15) is 4.79 Å². The van der Waals surface area contributed by atoms with Crippen LogP contribution < -0.4 is 20.1 Å². The summed E-state index contributed by atoms with van der Waals surface area (Å²) in [5.74, 6) is 2.87. The molecule has 2 heterocycles. The van der Waals surface area contributed by atoms with Gasteiger partial charge in [-0.1, -0.05) is 0 Å². The first kappa shape index (κ1) is 14.3. The van der Waals surface area contributed by atoms with E-state index in [-0.39, 0.29) is 18.9 Å². The number of benzene rings is 1. The minimum atomic E-state index is -0.302. The molecular weight excluding hydrogens is 284 g/mol. The molecule has 6 nitrogen and oxygen atoms in total. The average Bonchev–Trinajstić information content (AvgIpc) is 3.07. The number of urea groups is 1. The van der Waals surface area contributed by atoms with E-state index in [1.165, 1.54) is 0 Å². The van der Waals surface area contributed by atoms with E-state index in [2.05, 4.69) is 10.6 Å². The molecule has 22 heavy (non-hydrogen) atoms. The second kappa shape index (κ2) is 5.63. The lowest BCUT2D eigenvalue weighted by molar-refractivity contribution is 0.174. The second-order valence-corrected chi connectivity index (χ2v) is 5.29. The summed E-state index contributed by atoms with van der Waals surface area (Å²) in [5.41, 5.74) is 1.59. The van der Waals surface area contributed by atoms with Crippen LogP contribution in [0.3, 0.4) is 0 Å². The van der Waals surface area contributed by atoms with Crippen LogP contribution in [-0.2, 0) is 0 Å². The van der Waals surface area contributed by atoms with Crippen LogP contribution >= 0.6 is 0 Å². The monoisotopic (exact) mass is 302 g/mol. The molecule has 1 unspecified atom stereocenters. The smallest absolute Gasteiger partial charge is 0.319 e. The van der Waals surface area contributed by atoms with Crippen molar-refractivity contribution in [1.82, 2.24) is 5.32 Å². The number of nitrogens with one attached hydrogen (secondary N) is 2. The van der Waals surface area contributed by atoms with Crippen molar-refractivity contribution in [2.45, 2.75) is 26.8 Å². The summed E-state index contributed by atoms with van der Waals surface area (Å²) in [5, 5.41) is 5.66. The zero-order valence-corrected chi connectivity index (χ0v) is 12.7. The topological polar surface area (TPSA) is 72.7 Å². The van der Waals surface area contributed by atoms with Gasteiger partial charge in [0.2, 0.25) is 6.79 Å². The third-order valence-corrected chi connectivity index (χ3v) is 3.50. The molecule has 0 spiro atoms. The molecule has 2 aromatic rings. The van der Waals surface area contributed by atoms with E-state index in [4.69, 9.17) is 13.9 Å². The fourth-order valence-electron chi connectivity index (χ4n) is 2.29. The Labute approximate surface area is 128 Å². The lowest BCUT2D eigenvalue weighted by atomic mass is 10.2. The number of hydrogen-bond donors (Lipinski definition) is 2. The number of rotatable bonds is 3. The molecule has 0 radical (unpaired) electrons. The molecular formula is C16H18N2O4. The number of aryl methyl sites for hydroxylation is 2. The van der Waals surface area contributed by atoms with E-state index in [0.717, 1.165) is 17.1 Å². The largest absolute Gasteiger partial charge is 0.464 e. The Bertz CT molecular complexity index is 708. The van der Waals surface area contributed by atoms with E-state index in [0.29, 0.717) is 17.2 Å². The number of anilines is 1. The molecule has 0 saturated heterocycles. The summed E-state index contributed by atoms with van der Waals surface area (Å²) < 4.78 is 16.1. The highest BCUT2D eigenvalue weighted by molar-refractivity contribution is 5.90. The summed E-state index contributed by atoms with van der Waals surface area (Å²) in [6.45, 7) is 5.84. The first-order valence-electron chi connectivity index (χ1n) is 7.07. The molecule has 1 aromatic carbocycles. The van der Waals surface area contributed by atoms with Gasteiger partial charge in [-0.05, 0) is 44.5 Å². The maximum absolute atomic E-state index is 12.1. The third kappa shape index (κ3) is 2.86. The van der Waals surface area contributed by atoms with Gasteiger partial charge in [-0.2, -0.15) is 0 Å². The fourth-order valence-corrected chi connectivity index (χ4v) is 2.29. The van der Waals surface area contributed by atoms with Gasteiger partial charge in [0.15, 0.2) is 11.5 Å². The van der Waals surface area contributed by atoms with Crippen LogP contribution in [0.2, 0.25) is 0 Å². The lowest BCUT2D eigenvalue weighted by Crippen LogP contribution is -2.31. The van der Waals surface area contributed by atoms with Crippen molar-refractivity contribution in [3.05, 3.63) is 41.3 Å². The predicted molar refractivity (Wildman–Crippen MR) is 81.3 cm³/mol. The maximum atomic E-state index is 12.1. The van der Waals surface area contributed by atoms with Crippen LogP contribution in [0.1, 0.15) is 30.0 Å². The standard InChI is InChI=1S/C16H18N2O4/c1-9-6-14-15(21-8-20-14)7-12(9)18-16(19)17-11(3)13-5-4-10(2)22-13/h4-7,11H,8H2,1-3H3,(H2,17,18,19). The lowest BCUT2D eigenvalue weighted by Gasteiger charge is -2.14. The minimum Gasteiger partial charge on any atom is -0.464 e. The summed E-state index contributed by atoms with van der Waals surface area (Å²) >= 11 is 0. The van der Waals surface area contributed by atoms with Crippen LogP contribution in [-0.4, -0.2) is 12.8 Å². The molecule has 1 aliphatic rings. The first-order valence-corrected chi connectivity index (χ1v) is 7.07. The van der Waals surface area contributed by atoms with Crippen molar-refractivity contribution >= 4 is 11.7 Å². The van der Waals surface area contributed by atoms with E-state index >= 15 is 0 Å². The molecule has 2 N–H and O–H groups in total. The van der Waals surface area contributed by atoms with Crippen LogP contribution in [0.25, 0.3) is 0 Å². The highest BCUT2D eigenvalue weighted by Crippen LogP contribution is 2.36.